The van der Waals surface area contributed by atoms with Crippen LogP contribution in [0.1, 0.15) is 16.2 Å². The molecular formula is C9H7ClN4O. The molecule has 6 heteroatoms. The molecule has 0 N–H and O–H groups in total. The lowest BCUT2D eigenvalue weighted by Gasteiger charge is -1.95. The van der Waals surface area contributed by atoms with Crippen molar-refractivity contribution in [3.63, 3.8) is 0 Å². The van der Waals surface area contributed by atoms with E-state index in [1.165, 1.54) is 4.80 Å². The third kappa shape index (κ3) is 2.02. The van der Waals surface area contributed by atoms with Gasteiger partial charge in [0.05, 0.1) is 7.05 Å². The van der Waals surface area contributed by atoms with Gasteiger partial charge in [0, 0.05) is 10.6 Å². The lowest BCUT2D eigenvalue weighted by atomic mass is 10.1. The van der Waals surface area contributed by atoms with Gasteiger partial charge in [-0.25, -0.2) is 0 Å². The van der Waals surface area contributed by atoms with Gasteiger partial charge in [0.2, 0.25) is 11.6 Å². The number of benzene rings is 1. The van der Waals surface area contributed by atoms with Crippen molar-refractivity contribution in [2.75, 3.05) is 0 Å². The molecule has 76 valence electrons. The molecule has 1 aromatic carbocycles. The Labute approximate surface area is 90.7 Å². The van der Waals surface area contributed by atoms with Crippen molar-refractivity contribution in [2.24, 2.45) is 7.05 Å². The van der Waals surface area contributed by atoms with Crippen LogP contribution in [0.5, 0.6) is 0 Å². The van der Waals surface area contributed by atoms with Crippen molar-refractivity contribution >= 4 is 17.4 Å². The van der Waals surface area contributed by atoms with Crippen LogP contribution in [0.25, 0.3) is 0 Å². The van der Waals surface area contributed by atoms with E-state index in [4.69, 9.17) is 11.6 Å². The van der Waals surface area contributed by atoms with Gasteiger partial charge < -0.3 is 0 Å². The highest BCUT2D eigenvalue weighted by Crippen LogP contribution is 2.11. The van der Waals surface area contributed by atoms with E-state index in [0.29, 0.717) is 10.6 Å². The Morgan fingerprint density at radius 1 is 1.33 bits per heavy atom. The van der Waals surface area contributed by atoms with E-state index in [1.807, 2.05) is 0 Å². The van der Waals surface area contributed by atoms with E-state index in [-0.39, 0.29) is 11.6 Å². The van der Waals surface area contributed by atoms with E-state index in [0.717, 1.165) is 0 Å². The molecule has 0 spiro atoms. The van der Waals surface area contributed by atoms with Crippen molar-refractivity contribution in [1.82, 2.24) is 20.2 Å². The zero-order valence-electron chi connectivity index (χ0n) is 7.88. The zero-order valence-corrected chi connectivity index (χ0v) is 8.64. The summed E-state index contributed by atoms with van der Waals surface area (Å²) in [6.07, 6.45) is 0. The zero-order chi connectivity index (χ0) is 10.8. The molecule has 0 amide bonds. The predicted molar refractivity (Wildman–Crippen MR) is 53.7 cm³/mol. The molecule has 15 heavy (non-hydrogen) atoms. The van der Waals surface area contributed by atoms with Crippen LogP contribution in [0, 0.1) is 0 Å². The minimum Gasteiger partial charge on any atom is -0.285 e. The van der Waals surface area contributed by atoms with Gasteiger partial charge >= 0.3 is 0 Å². The fourth-order valence-corrected chi connectivity index (χ4v) is 1.23. The summed E-state index contributed by atoms with van der Waals surface area (Å²) in [4.78, 5) is 13.0. The summed E-state index contributed by atoms with van der Waals surface area (Å²) in [6, 6.07) is 6.54. The lowest BCUT2D eigenvalue weighted by Crippen LogP contribution is -2.04. The van der Waals surface area contributed by atoms with Gasteiger partial charge in [0.1, 0.15) is 0 Å². The molecule has 0 fully saturated rings. The largest absolute Gasteiger partial charge is 0.285 e. The molecule has 2 rings (SSSR count). The minimum atomic E-state index is -0.264. The van der Waals surface area contributed by atoms with Crippen LogP contribution in [0.3, 0.4) is 0 Å². The number of nitrogens with zero attached hydrogens (tertiary/aromatic N) is 4. The molecule has 0 aliphatic carbocycles. The molecule has 0 aliphatic rings. The maximum atomic E-state index is 11.7. The SMILES string of the molecule is Cn1nnc(C(=O)c2ccc(Cl)cc2)n1. The van der Waals surface area contributed by atoms with Crippen LogP contribution in [-0.4, -0.2) is 26.0 Å². The van der Waals surface area contributed by atoms with Crippen LogP contribution in [-0.2, 0) is 7.05 Å². The van der Waals surface area contributed by atoms with E-state index in [9.17, 15) is 4.79 Å². The number of hydrogen-bond acceptors (Lipinski definition) is 4. The summed E-state index contributed by atoms with van der Waals surface area (Å²) in [5.74, 6) is -0.181. The Morgan fingerprint density at radius 3 is 2.53 bits per heavy atom. The second kappa shape index (κ2) is 3.78. The molecule has 5 nitrogen and oxygen atoms in total. The third-order valence-corrected chi connectivity index (χ3v) is 2.07. The van der Waals surface area contributed by atoms with E-state index >= 15 is 0 Å². The average Bonchev–Trinajstić information content (AvgIpc) is 2.65. The maximum absolute atomic E-state index is 11.7. The highest BCUT2D eigenvalue weighted by molar-refractivity contribution is 6.30. The first-order valence-electron chi connectivity index (χ1n) is 4.21. The summed E-state index contributed by atoms with van der Waals surface area (Å²) in [5, 5.41) is 11.6. The summed E-state index contributed by atoms with van der Waals surface area (Å²) in [6.45, 7) is 0. The fraction of sp³-hybridized carbons (Fsp3) is 0.111. The fourth-order valence-electron chi connectivity index (χ4n) is 1.11. The number of ketones is 1. The molecule has 0 bridgehead atoms. The number of carbonyl (C=O) groups excluding carboxylic acids is 1. The van der Waals surface area contributed by atoms with Crippen molar-refractivity contribution in [1.29, 1.82) is 0 Å². The van der Waals surface area contributed by atoms with Gasteiger partial charge in [-0.2, -0.15) is 4.80 Å². The summed E-state index contributed by atoms with van der Waals surface area (Å²) in [7, 11) is 1.60. The minimum absolute atomic E-state index is 0.0832. The average molecular weight is 223 g/mol. The maximum Gasteiger partial charge on any atom is 0.245 e. The number of hydrogen-bond donors (Lipinski definition) is 0. The van der Waals surface area contributed by atoms with Gasteiger partial charge in [0.25, 0.3) is 0 Å². The van der Waals surface area contributed by atoms with Crippen molar-refractivity contribution < 1.29 is 4.79 Å². The van der Waals surface area contributed by atoms with Crippen LogP contribution in [0.4, 0.5) is 0 Å². The highest BCUT2D eigenvalue weighted by Gasteiger charge is 2.13. The van der Waals surface area contributed by atoms with Crippen molar-refractivity contribution in [3.05, 3.63) is 40.7 Å². The number of aromatic nitrogens is 4. The van der Waals surface area contributed by atoms with Gasteiger partial charge in [-0.05, 0) is 29.5 Å². The summed E-state index contributed by atoms with van der Waals surface area (Å²) < 4.78 is 0. The molecule has 0 saturated carbocycles. The van der Waals surface area contributed by atoms with E-state index in [2.05, 4.69) is 15.4 Å². The van der Waals surface area contributed by atoms with Gasteiger partial charge in [-0.15, -0.1) is 10.2 Å². The van der Waals surface area contributed by atoms with Gasteiger partial charge in [-0.1, -0.05) is 11.6 Å². The third-order valence-electron chi connectivity index (χ3n) is 1.82. The molecule has 1 heterocycles. The smallest absolute Gasteiger partial charge is 0.245 e. The lowest BCUT2D eigenvalue weighted by molar-refractivity contribution is 0.102. The molecule has 2 aromatic rings. The number of carbonyl (C=O) groups is 1. The number of halogens is 1. The Morgan fingerprint density at radius 2 is 2.00 bits per heavy atom. The van der Waals surface area contributed by atoms with Crippen LogP contribution < -0.4 is 0 Å². The molecule has 0 aliphatic heterocycles. The topological polar surface area (TPSA) is 60.7 Å². The van der Waals surface area contributed by atoms with Crippen LogP contribution >= 0.6 is 11.6 Å². The quantitative estimate of drug-likeness (QED) is 0.714. The number of rotatable bonds is 2. The second-order valence-corrected chi connectivity index (χ2v) is 3.37. The Bertz CT molecular complexity index is 491. The second-order valence-electron chi connectivity index (χ2n) is 2.94. The standard InChI is InChI=1S/C9H7ClN4O/c1-14-12-9(11-13-14)8(15)6-2-4-7(10)5-3-6/h2-5H,1H3. The molecule has 1 aromatic heterocycles. The molecule has 0 unspecified atom stereocenters. The predicted octanol–water partition coefficient (Wildman–Crippen LogP) is 1.09. The van der Waals surface area contributed by atoms with Gasteiger partial charge in [-0.3, -0.25) is 4.79 Å². The Kier molecular flexibility index (Phi) is 2.47. The highest BCUT2D eigenvalue weighted by atomic mass is 35.5. The number of aryl methyl sites for hydroxylation is 1. The molecule has 0 atom stereocenters. The van der Waals surface area contributed by atoms with Gasteiger partial charge in [0.15, 0.2) is 0 Å². The van der Waals surface area contributed by atoms with E-state index in [1.54, 1.807) is 31.3 Å². The van der Waals surface area contributed by atoms with Crippen LogP contribution in [0.15, 0.2) is 24.3 Å². The first-order valence-corrected chi connectivity index (χ1v) is 4.59. The first kappa shape index (κ1) is 9.79. The normalized spacial score (nSPS) is 10.3. The Hall–Kier alpha value is -1.75. The Balaban J connectivity index is 2.32. The van der Waals surface area contributed by atoms with Crippen LogP contribution in [0.2, 0.25) is 5.02 Å². The first-order chi connectivity index (χ1) is 7.16. The van der Waals surface area contributed by atoms with E-state index < -0.39 is 0 Å². The summed E-state index contributed by atoms with van der Waals surface area (Å²) in [5.41, 5.74) is 0.493. The monoisotopic (exact) mass is 222 g/mol. The number of tetrazole rings is 1. The van der Waals surface area contributed by atoms with Crippen molar-refractivity contribution in [2.45, 2.75) is 0 Å². The molecule has 0 radical (unpaired) electrons. The molecular weight excluding hydrogens is 216 g/mol. The molecule has 0 saturated heterocycles. The summed E-state index contributed by atoms with van der Waals surface area (Å²) >= 11 is 5.71. The van der Waals surface area contributed by atoms with Crippen molar-refractivity contribution in [3.8, 4) is 0 Å².